The van der Waals surface area contributed by atoms with Gasteiger partial charge in [0.15, 0.2) is 0 Å². The summed E-state index contributed by atoms with van der Waals surface area (Å²) in [6, 6.07) is 0. The van der Waals surface area contributed by atoms with E-state index in [-0.39, 0.29) is 0 Å². The molecule has 0 aliphatic carbocycles. The fraction of sp³-hybridized carbons (Fsp3) is 1.00. The second-order valence-electron chi connectivity index (χ2n) is 13.1. The monoisotopic (exact) mass is 567 g/mol. The molecule has 0 saturated carbocycles. The topological polar surface area (TPSA) is 30.5 Å². The van der Waals surface area contributed by atoms with Gasteiger partial charge in [-0.15, -0.1) is 0 Å². The van der Waals surface area contributed by atoms with Crippen LogP contribution in [0.1, 0.15) is 157 Å². The number of nitrogens with one attached hydrogen (secondary N) is 2. The number of hydrogen-bond acceptors (Lipinski definition) is 4. The minimum absolute atomic E-state index is 0.853. The van der Waals surface area contributed by atoms with E-state index < -0.39 is 0 Å². The van der Waals surface area contributed by atoms with Gasteiger partial charge in [0.25, 0.3) is 0 Å². The van der Waals surface area contributed by atoms with E-state index in [1.54, 1.807) is 0 Å². The van der Waals surface area contributed by atoms with Crippen LogP contribution in [0.2, 0.25) is 0 Å². The van der Waals surface area contributed by atoms with Crippen LogP contribution in [0.3, 0.4) is 0 Å². The van der Waals surface area contributed by atoms with Crippen LogP contribution in [-0.2, 0) is 0 Å². The van der Waals surface area contributed by atoms with Gasteiger partial charge >= 0.3 is 0 Å². The Morgan fingerprint density at radius 2 is 0.700 bits per heavy atom. The summed E-state index contributed by atoms with van der Waals surface area (Å²) in [5.41, 5.74) is 0. The molecule has 0 radical (unpaired) electrons. The van der Waals surface area contributed by atoms with Crippen LogP contribution >= 0.6 is 0 Å². The summed E-state index contributed by atoms with van der Waals surface area (Å²) in [4.78, 5) is 5.43. The van der Waals surface area contributed by atoms with E-state index in [4.69, 9.17) is 0 Å². The van der Waals surface area contributed by atoms with Gasteiger partial charge in [-0.3, -0.25) is 0 Å². The third-order valence-electron chi connectivity index (χ3n) is 8.74. The molecule has 0 aromatic carbocycles. The van der Waals surface area contributed by atoms with Gasteiger partial charge in [0.05, 0.1) is 0 Å². The van der Waals surface area contributed by atoms with E-state index in [1.807, 2.05) is 0 Å². The highest BCUT2D eigenvalue weighted by molar-refractivity contribution is 4.64. The van der Waals surface area contributed by atoms with Crippen molar-refractivity contribution in [2.75, 3.05) is 65.4 Å². The van der Waals surface area contributed by atoms with Gasteiger partial charge in [-0.2, -0.15) is 0 Å². The van der Waals surface area contributed by atoms with E-state index in [9.17, 15) is 0 Å². The summed E-state index contributed by atoms with van der Waals surface area (Å²) in [6.45, 7) is 26.8. The fourth-order valence-electron chi connectivity index (χ4n) is 5.61. The average Bonchev–Trinajstić information content (AvgIpc) is 2.95. The van der Waals surface area contributed by atoms with Gasteiger partial charge in [0, 0.05) is 0 Å². The standard InChI is InChI=1S/C36H78N4/c1-7-11-29-39(30-12-8-2)33-19-21-35(5)23-27-37-25-17-15-16-18-26-38-28-24-36(6)22-20-34-40(31-13-9-3)32-14-10-4/h35-38H,7-34H2,1-6H3. The van der Waals surface area contributed by atoms with Crippen LogP contribution in [0.5, 0.6) is 0 Å². The van der Waals surface area contributed by atoms with Crippen molar-refractivity contribution in [3.05, 3.63) is 0 Å². The molecule has 40 heavy (non-hydrogen) atoms. The zero-order valence-corrected chi connectivity index (χ0v) is 28.8. The van der Waals surface area contributed by atoms with Crippen molar-refractivity contribution < 1.29 is 0 Å². The van der Waals surface area contributed by atoms with Gasteiger partial charge in [0.1, 0.15) is 0 Å². The summed E-state index contributed by atoms with van der Waals surface area (Å²) in [5.74, 6) is 1.71. The summed E-state index contributed by atoms with van der Waals surface area (Å²) >= 11 is 0. The zero-order chi connectivity index (χ0) is 29.5. The molecular weight excluding hydrogens is 488 g/mol. The summed E-state index contributed by atoms with van der Waals surface area (Å²) < 4.78 is 0. The minimum Gasteiger partial charge on any atom is -0.317 e. The molecule has 0 fully saturated rings. The van der Waals surface area contributed by atoms with Crippen LogP contribution < -0.4 is 10.6 Å². The van der Waals surface area contributed by atoms with Gasteiger partial charge in [0.2, 0.25) is 0 Å². The average molecular weight is 567 g/mol. The van der Waals surface area contributed by atoms with Gasteiger partial charge in [-0.05, 0) is 154 Å². The van der Waals surface area contributed by atoms with Crippen LogP contribution in [0, 0.1) is 11.8 Å². The quantitative estimate of drug-likeness (QED) is 0.0775. The van der Waals surface area contributed by atoms with Crippen molar-refractivity contribution in [3.8, 4) is 0 Å². The SMILES string of the molecule is CCCCN(CCCC)CCCC(C)CCNCCCCCCNCCC(C)CCCN(CCCC)CCCC. The predicted octanol–water partition coefficient (Wildman–Crippen LogP) is 9.14. The largest absolute Gasteiger partial charge is 0.317 e. The Morgan fingerprint density at radius 1 is 0.375 bits per heavy atom. The Bertz CT molecular complexity index is 414. The molecule has 0 aliphatic heterocycles. The minimum atomic E-state index is 0.853. The maximum absolute atomic E-state index is 3.71. The molecule has 0 heterocycles. The third-order valence-corrected chi connectivity index (χ3v) is 8.74. The molecule has 0 rings (SSSR count). The second kappa shape index (κ2) is 31.8. The maximum Gasteiger partial charge on any atom is -0.00186 e. The molecule has 4 nitrogen and oxygen atoms in total. The van der Waals surface area contributed by atoms with Gasteiger partial charge < -0.3 is 20.4 Å². The molecule has 0 amide bonds. The number of nitrogens with zero attached hydrogens (tertiary/aromatic N) is 2. The van der Waals surface area contributed by atoms with Crippen LogP contribution in [0.25, 0.3) is 0 Å². The van der Waals surface area contributed by atoms with Crippen LogP contribution in [0.4, 0.5) is 0 Å². The smallest absolute Gasteiger partial charge is 0.00186 e. The van der Waals surface area contributed by atoms with Crippen molar-refractivity contribution in [2.24, 2.45) is 11.8 Å². The second-order valence-corrected chi connectivity index (χ2v) is 13.1. The molecule has 0 saturated heterocycles. The first kappa shape index (κ1) is 39.8. The van der Waals surface area contributed by atoms with Gasteiger partial charge in [-0.1, -0.05) is 80.1 Å². The van der Waals surface area contributed by atoms with Crippen molar-refractivity contribution in [1.82, 2.24) is 20.4 Å². The van der Waals surface area contributed by atoms with Gasteiger partial charge in [-0.25, -0.2) is 0 Å². The van der Waals surface area contributed by atoms with E-state index >= 15 is 0 Å². The van der Waals surface area contributed by atoms with E-state index in [1.165, 1.54) is 181 Å². The predicted molar refractivity (Wildman–Crippen MR) is 183 cm³/mol. The lowest BCUT2D eigenvalue weighted by molar-refractivity contribution is 0.253. The number of unbranched alkanes of at least 4 members (excludes halogenated alkanes) is 7. The lowest BCUT2D eigenvalue weighted by Gasteiger charge is -2.22. The molecule has 242 valence electrons. The molecule has 2 unspecified atom stereocenters. The molecule has 4 heteroatoms. The Morgan fingerprint density at radius 3 is 1.02 bits per heavy atom. The summed E-state index contributed by atoms with van der Waals surface area (Å²) in [7, 11) is 0. The maximum atomic E-state index is 3.71. The molecule has 0 bridgehead atoms. The first-order chi connectivity index (χ1) is 19.6. The molecular formula is C36H78N4. The Hall–Kier alpha value is -0.160. The van der Waals surface area contributed by atoms with Crippen LogP contribution in [0.15, 0.2) is 0 Å². The number of hydrogen-bond donors (Lipinski definition) is 2. The van der Waals surface area contributed by atoms with E-state index in [0.717, 1.165) is 11.8 Å². The zero-order valence-electron chi connectivity index (χ0n) is 28.8. The highest BCUT2D eigenvalue weighted by Crippen LogP contribution is 2.12. The molecule has 0 spiro atoms. The molecule has 0 aliphatic rings. The molecule has 0 aromatic heterocycles. The molecule has 2 N–H and O–H groups in total. The first-order valence-corrected chi connectivity index (χ1v) is 18.4. The Labute approximate surface area is 254 Å². The van der Waals surface area contributed by atoms with Crippen molar-refractivity contribution in [1.29, 1.82) is 0 Å². The Kier molecular flexibility index (Phi) is 31.6. The highest BCUT2D eigenvalue weighted by Gasteiger charge is 2.08. The first-order valence-electron chi connectivity index (χ1n) is 18.4. The summed E-state index contributed by atoms with van der Waals surface area (Å²) in [6.07, 6.45) is 24.3. The van der Waals surface area contributed by atoms with E-state index in [2.05, 4.69) is 62.0 Å². The lowest BCUT2D eigenvalue weighted by Crippen LogP contribution is -2.27. The summed E-state index contributed by atoms with van der Waals surface area (Å²) in [5, 5.41) is 7.42. The highest BCUT2D eigenvalue weighted by atomic mass is 15.1. The van der Waals surface area contributed by atoms with Crippen molar-refractivity contribution >= 4 is 0 Å². The normalized spacial score (nSPS) is 13.5. The van der Waals surface area contributed by atoms with Crippen LogP contribution in [-0.4, -0.2) is 75.2 Å². The lowest BCUT2D eigenvalue weighted by atomic mass is 10.0. The third kappa shape index (κ3) is 28.0. The van der Waals surface area contributed by atoms with E-state index in [0.29, 0.717) is 0 Å². The number of rotatable bonds is 33. The van der Waals surface area contributed by atoms with Crippen molar-refractivity contribution in [3.63, 3.8) is 0 Å². The molecule has 0 aromatic rings. The fourth-order valence-corrected chi connectivity index (χ4v) is 5.61. The van der Waals surface area contributed by atoms with Crippen molar-refractivity contribution in [2.45, 2.75) is 157 Å². The molecule has 2 atom stereocenters. The Balaban J connectivity index is 3.54.